The Kier molecular flexibility index (Phi) is 5.36. The minimum absolute atomic E-state index is 0.0246. The van der Waals surface area contributed by atoms with Gasteiger partial charge in [0.15, 0.2) is 0 Å². The second kappa shape index (κ2) is 7.04. The summed E-state index contributed by atoms with van der Waals surface area (Å²) in [4.78, 5) is 4.21. The van der Waals surface area contributed by atoms with E-state index in [1.54, 1.807) is 7.11 Å². The van der Waals surface area contributed by atoms with Crippen molar-refractivity contribution in [2.75, 3.05) is 7.11 Å². The van der Waals surface area contributed by atoms with Gasteiger partial charge in [-0.3, -0.25) is 4.68 Å². The Labute approximate surface area is 133 Å². The van der Waals surface area contributed by atoms with Gasteiger partial charge in [-0.05, 0) is 34.3 Å². The minimum Gasteiger partial charge on any atom is -0.481 e. The smallest absolute Gasteiger partial charge is 0.212 e. The lowest BCUT2D eigenvalue weighted by molar-refractivity contribution is 0.397. The largest absolute Gasteiger partial charge is 0.481 e. The molecule has 1 atom stereocenters. The first kappa shape index (κ1) is 16.0. The summed E-state index contributed by atoms with van der Waals surface area (Å²) >= 11 is 3.63. The molecule has 2 N–H and O–H groups in total. The van der Waals surface area contributed by atoms with Crippen molar-refractivity contribution >= 4 is 15.9 Å². The van der Waals surface area contributed by atoms with Crippen molar-refractivity contribution in [2.45, 2.75) is 32.2 Å². The molecule has 0 aromatic carbocycles. The Hall–Kier alpha value is -1.40. The van der Waals surface area contributed by atoms with E-state index in [-0.39, 0.29) is 6.04 Å². The molecule has 5 nitrogen and oxygen atoms in total. The predicted molar refractivity (Wildman–Crippen MR) is 86.5 cm³/mol. The van der Waals surface area contributed by atoms with Gasteiger partial charge in [0.1, 0.15) is 0 Å². The van der Waals surface area contributed by atoms with Crippen LogP contribution >= 0.6 is 15.9 Å². The fourth-order valence-electron chi connectivity index (χ4n) is 2.32. The van der Waals surface area contributed by atoms with Gasteiger partial charge in [0.05, 0.1) is 23.0 Å². The van der Waals surface area contributed by atoms with Gasteiger partial charge in [-0.2, -0.15) is 5.10 Å². The first-order valence-corrected chi connectivity index (χ1v) is 7.79. The number of nitrogens with zero attached hydrogens (tertiary/aromatic N) is 3. The normalized spacial score (nSPS) is 12.4. The second-order valence-electron chi connectivity index (χ2n) is 5.06. The zero-order valence-electron chi connectivity index (χ0n) is 12.6. The van der Waals surface area contributed by atoms with Crippen LogP contribution in [0.1, 0.15) is 23.9 Å². The SMILES string of the molecule is CCc1nn(C)c(CC(N)Cc2ccc(OC)nc2)c1Br. The van der Waals surface area contributed by atoms with Crippen LogP contribution in [-0.4, -0.2) is 27.9 Å². The molecule has 0 saturated carbocycles. The molecule has 0 fully saturated rings. The molecule has 0 amide bonds. The highest BCUT2D eigenvalue weighted by Crippen LogP contribution is 2.23. The van der Waals surface area contributed by atoms with Crippen LogP contribution in [0.4, 0.5) is 0 Å². The van der Waals surface area contributed by atoms with E-state index in [0.717, 1.165) is 40.7 Å². The van der Waals surface area contributed by atoms with E-state index in [1.165, 1.54) is 0 Å². The average Bonchev–Trinajstić information content (AvgIpc) is 2.75. The second-order valence-corrected chi connectivity index (χ2v) is 5.85. The van der Waals surface area contributed by atoms with Gasteiger partial charge in [-0.1, -0.05) is 13.0 Å². The standard InChI is InChI=1S/C15H21BrN4O/c1-4-12-15(16)13(20(2)19-12)8-11(17)7-10-5-6-14(21-3)18-9-10/h5-6,9,11H,4,7-8,17H2,1-3H3. The Morgan fingerprint density at radius 3 is 2.67 bits per heavy atom. The zero-order chi connectivity index (χ0) is 15.4. The molecule has 0 spiro atoms. The molecule has 0 saturated heterocycles. The van der Waals surface area contributed by atoms with E-state index in [4.69, 9.17) is 10.5 Å². The molecule has 2 heterocycles. The highest BCUT2D eigenvalue weighted by Gasteiger charge is 2.16. The lowest BCUT2D eigenvalue weighted by Crippen LogP contribution is -2.26. The third-order valence-electron chi connectivity index (χ3n) is 3.46. The quantitative estimate of drug-likeness (QED) is 0.865. The number of halogens is 1. The molecule has 6 heteroatoms. The van der Waals surface area contributed by atoms with Crippen LogP contribution in [0.2, 0.25) is 0 Å². The Balaban J connectivity index is 2.04. The maximum Gasteiger partial charge on any atom is 0.212 e. The highest BCUT2D eigenvalue weighted by atomic mass is 79.9. The van der Waals surface area contributed by atoms with Crippen molar-refractivity contribution in [3.63, 3.8) is 0 Å². The Morgan fingerprint density at radius 2 is 2.14 bits per heavy atom. The number of methoxy groups -OCH3 is 1. The molecule has 1 unspecified atom stereocenters. The molecule has 114 valence electrons. The summed E-state index contributed by atoms with van der Waals surface area (Å²) in [5.74, 6) is 0.620. The minimum atomic E-state index is 0.0246. The van der Waals surface area contributed by atoms with Crippen LogP contribution in [-0.2, 0) is 26.3 Å². The van der Waals surface area contributed by atoms with Crippen molar-refractivity contribution < 1.29 is 4.74 Å². The van der Waals surface area contributed by atoms with E-state index in [2.05, 4.69) is 32.9 Å². The lowest BCUT2D eigenvalue weighted by atomic mass is 10.0. The third-order valence-corrected chi connectivity index (χ3v) is 4.38. The van der Waals surface area contributed by atoms with Crippen LogP contribution in [0.5, 0.6) is 5.88 Å². The van der Waals surface area contributed by atoms with Gasteiger partial charge < -0.3 is 10.5 Å². The third kappa shape index (κ3) is 3.83. The molecule has 0 aliphatic carbocycles. The first-order valence-electron chi connectivity index (χ1n) is 6.99. The molecule has 2 aromatic heterocycles. The summed E-state index contributed by atoms with van der Waals surface area (Å²) in [6, 6.07) is 3.88. The number of aryl methyl sites for hydroxylation is 2. The van der Waals surface area contributed by atoms with Crippen molar-refractivity contribution in [3.8, 4) is 5.88 Å². The number of rotatable bonds is 6. The van der Waals surface area contributed by atoms with Crippen molar-refractivity contribution in [3.05, 3.63) is 39.8 Å². The Bertz CT molecular complexity index is 594. The number of pyridine rings is 1. The van der Waals surface area contributed by atoms with Gasteiger partial charge in [-0.25, -0.2) is 4.98 Å². The molecule has 0 radical (unpaired) electrons. The molecule has 2 rings (SSSR count). The van der Waals surface area contributed by atoms with Gasteiger partial charge in [0.25, 0.3) is 0 Å². The molecule has 0 aliphatic heterocycles. The van der Waals surface area contributed by atoms with Crippen LogP contribution in [0.15, 0.2) is 22.8 Å². The first-order chi connectivity index (χ1) is 10.0. The van der Waals surface area contributed by atoms with Gasteiger partial charge in [-0.15, -0.1) is 0 Å². The highest BCUT2D eigenvalue weighted by molar-refractivity contribution is 9.10. The van der Waals surface area contributed by atoms with E-state index < -0.39 is 0 Å². The van der Waals surface area contributed by atoms with E-state index in [0.29, 0.717) is 5.88 Å². The predicted octanol–water partition coefficient (Wildman–Crippen LogP) is 2.26. The van der Waals surface area contributed by atoms with Crippen molar-refractivity contribution in [1.29, 1.82) is 0 Å². The van der Waals surface area contributed by atoms with Crippen molar-refractivity contribution in [2.24, 2.45) is 12.8 Å². The molecule has 21 heavy (non-hydrogen) atoms. The molecular formula is C15H21BrN4O. The van der Waals surface area contributed by atoms with Crippen LogP contribution in [0.3, 0.4) is 0 Å². The average molecular weight is 353 g/mol. The van der Waals surface area contributed by atoms with Crippen molar-refractivity contribution in [1.82, 2.24) is 14.8 Å². The number of hydrogen-bond acceptors (Lipinski definition) is 4. The van der Waals surface area contributed by atoms with E-state index >= 15 is 0 Å². The Morgan fingerprint density at radius 1 is 1.38 bits per heavy atom. The summed E-state index contributed by atoms with van der Waals surface area (Å²) in [7, 11) is 3.57. The van der Waals surface area contributed by atoms with Gasteiger partial charge in [0, 0.05) is 31.8 Å². The zero-order valence-corrected chi connectivity index (χ0v) is 14.2. The van der Waals surface area contributed by atoms with Crippen LogP contribution in [0.25, 0.3) is 0 Å². The van der Waals surface area contributed by atoms with Gasteiger partial charge >= 0.3 is 0 Å². The molecule has 0 bridgehead atoms. The topological polar surface area (TPSA) is 66.0 Å². The maximum absolute atomic E-state index is 6.28. The van der Waals surface area contributed by atoms with E-state index in [1.807, 2.05) is 30.1 Å². The summed E-state index contributed by atoms with van der Waals surface area (Å²) in [5.41, 5.74) is 9.60. The monoisotopic (exact) mass is 352 g/mol. The van der Waals surface area contributed by atoms with Crippen LogP contribution in [0, 0.1) is 0 Å². The summed E-state index contributed by atoms with van der Waals surface area (Å²) in [6.45, 7) is 2.10. The summed E-state index contributed by atoms with van der Waals surface area (Å²) < 4.78 is 8.05. The molecular weight excluding hydrogens is 332 g/mol. The fourth-order valence-corrected chi connectivity index (χ4v) is 3.10. The van der Waals surface area contributed by atoms with E-state index in [9.17, 15) is 0 Å². The molecule has 0 aliphatic rings. The summed E-state index contributed by atoms with van der Waals surface area (Å²) in [6.07, 6.45) is 4.27. The number of aromatic nitrogens is 3. The fraction of sp³-hybridized carbons (Fsp3) is 0.467. The lowest BCUT2D eigenvalue weighted by Gasteiger charge is -2.12. The number of hydrogen-bond donors (Lipinski definition) is 1. The number of nitrogens with two attached hydrogens (primary N) is 1. The van der Waals surface area contributed by atoms with Gasteiger partial charge in [0.2, 0.25) is 5.88 Å². The maximum atomic E-state index is 6.28. The summed E-state index contributed by atoms with van der Waals surface area (Å²) in [5, 5.41) is 4.50. The van der Waals surface area contributed by atoms with Crippen LogP contribution < -0.4 is 10.5 Å². The number of ether oxygens (including phenoxy) is 1. The molecule has 2 aromatic rings.